The Morgan fingerprint density at radius 2 is 2.50 bits per heavy atom. The zero-order chi connectivity index (χ0) is 9.97. The van der Waals surface area contributed by atoms with E-state index in [-0.39, 0.29) is 0 Å². The summed E-state index contributed by atoms with van der Waals surface area (Å²) in [5.74, 6) is 1.68. The molecule has 2 unspecified atom stereocenters. The van der Waals surface area contributed by atoms with Crippen LogP contribution in [0, 0.1) is 16.6 Å². The molecule has 0 amide bonds. The first-order valence-corrected chi connectivity index (χ1v) is 5.76. The molecule has 78 valence electrons. The van der Waals surface area contributed by atoms with Gasteiger partial charge in [0.05, 0.1) is 0 Å². The van der Waals surface area contributed by atoms with Gasteiger partial charge in [-0.05, 0) is 36.9 Å². The number of nitrogens with one attached hydrogen (secondary N) is 1. The van der Waals surface area contributed by atoms with Gasteiger partial charge in [0.15, 0.2) is 4.77 Å². The normalized spacial score (nSPS) is 27.8. The molecule has 1 saturated carbocycles. The van der Waals surface area contributed by atoms with Crippen molar-refractivity contribution in [2.24, 2.45) is 11.8 Å². The van der Waals surface area contributed by atoms with Gasteiger partial charge in [-0.15, -0.1) is 0 Å². The fourth-order valence-corrected chi connectivity index (χ4v) is 2.58. The van der Waals surface area contributed by atoms with E-state index in [0.29, 0.717) is 0 Å². The van der Waals surface area contributed by atoms with Gasteiger partial charge in [-0.3, -0.25) is 5.10 Å². The van der Waals surface area contributed by atoms with E-state index >= 15 is 0 Å². The molecule has 3 nitrogen and oxygen atoms in total. The highest BCUT2D eigenvalue weighted by Gasteiger charge is 2.19. The first-order valence-electron chi connectivity index (χ1n) is 5.35. The van der Waals surface area contributed by atoms with Crippen molar-refractivity contribution in [2.75, 3.05) is 0 Å². The summed E-state index contributed by atoms with van der Waals surface area (Å²) >= 11 is 5.13. The Balaban J connectivity index is 1.97. The van der Waals surface area contributed by atoms with Crippen molar-refractivity contribution in [3.8, 4) is 0 Å². The van der Waals surface area contributed by atoms with Crippen molar-refractivity contribution >= 4 is 12.2 Å². The van der Waals surface area contributed by atoms with Crippen LogP contribution in [0.1, 0.15) is 32.6 Å². The van der Waals surface area contributed by atoms with E-state index in [4.69, 9.17) is 12.2 Å². The lowest BCUT2D eigenvalue weighted by atomic mass is 9.82. The second kappa shape index (κ2) is 4.26. The molecule has 0 saturated heterocycles. The summed E-state index contributed by atoms with van der Waals surface area (Å²) in [5, 5.41) is 6.74. The minimum Gasteiger partial charge on any atom is -0.306 e. The van der Waals surface area contributed by atoms with E-state index in [1.54, 1.807) is 0 Å². The van der Waals surface area contributed by atoms with Crippen LogP contribution < -0.4 is 0 Å². The van der Waals surface area contributed by atoms with Gasteiger partial charge < -0.3 is 4.57 Å². The van der Waals surface area contributed by atoms with Crippen LogP contribution in [0.4, 0.5) is 0 Å². The lowest BCUT2D eigenvalue weighted by molar-refractivity contribution is 0.256. The van der Waals surface area contributed by atoms with E-state index in [9.17, 15) is 0 Å². The Hall–Kier alpha value is -0.640. The van der Waals surface area contributed by atoms with Gasteiger partial charge in [-0.1, -0.05) is 19.8 Å². The predicted octanol–water partition coefficient (Wildman–Crippen LogP) is 2.77. The molecule has 0 bridgehead atoms. The summed E-state index contributed by atoms with van der Waals surface area (Å²) in [5.41, 5.74) is 0. The Kier molecular flexibility index (Phi) is 3.01. The lowest BCUT2D eigenvalue weighted by Gasteiger charge is -2.26. The molecule has 0 spiro atoms. The smallest absolute Gasteiger partial charge is 0.194 e. The van der Waals surface area contributed by atoms with Crippen LogP contribution >= 0.6 is 12.2 Å². The number of rotatable bonds is 2. The summed E-state index contributed by atoms with van der Waals surface area (Å²) in [6.07, 6.45) is 7.26. The number of hydrogen-bond acceptors (Lipinski definition) is 2. The molecular formula is C10H17N3S. The average molecular weight is 211 g/mol. The van der Waals surface area contributed by atoms with Crippen LogP contribution in [0.5, 0.6) is 0 Å². The highest BCUT2D eigenvalue weighted by Crippen LogP contribution is 2.29. The van der Waals surface area contributed by atoms with Gasteiger partial charge in [-0.2, -0.15) is 5.10 Å². The second-order valence-electron chi connectivity index (χ2n) is 4.45. The molecule has 1 heterocycles. The topological polar surface area (TPSA) is 33.6 Å². The van der Waals surface area contributed by atoms with E-state index in [0.717, 1.165) is 23.2 Å². The Morgan fingerprint density at radius 1 is 1.64 bits per heavy atom. The highest BCUT2D eigenvalue weighted by atomic mass is 32.1. The molecule has 1 N–H and O–H groups in total. The van der Waals surface area contributed by atoms with E-state index in [2.05, 4.69) is 21.7 Å². The zero-order valence-electron chi connectivity index (χ0n) is 8.57. The quantitative estimate of drug-likeness (QED) is 0.763. The van der Waals surface area contributed by atoms with Gasteiger partial charge >= 0.3 is 0 Å². The highest BCUT2D eigenvalue weighted by molar-refractivity contribution is 7.71. The average Bonchev–Trinajstić information content (AvgIpc) is 2.52. The van der Waals surface area contributed by atoms with E-state index in [1.165, 1.54) is 25.7 Å². The SMILES string of the molecule is CC1CCCC(Cn2cn[nH]c2=S)C1. The summed E-state index contributed by atoms with van der Waals surface area (Å²) in [4.78, 5) is 0. The molecule has 2 atom stereocenters. The van der Waals surface area contributed by atoms with Gasteiger partial charge in [0.2, 0.25) is 0 Å². The van der Waals surface area contributed by atoms with Crippen LogP contribution in [0.3, 0.4) is 0 Å². The number of aromatic amines is 1. The first kappa shape index (κ1) is 9.90. The summed E-state index contributed by atoms with van der Waals surface area (Å²) in [7, 11) is 0. The van der Waals surface area contributed by atoms with Crippen molar-refractivity contribution in [3.63, 3.8) is 0 Å². The molecule has 0 aromatic carbocycles. The number of aromatic nitrogens is 3. The van der Waals surface area contributed by atoms with Crippen LogP contribution in [-0.4, -0.2) is 14.8 Å². The van der Waals surface area contributed by atoms with Gasteiger partial charge in [0, 0.05) is 6.54 Å². The molecule has 14 heavy (non-hydrogen) atoms. The number of nitrogens with zero attached hydrogens (tertiary/aromatic N) is 2. The van der Waals surface area contributed by atoms with Crippen molar-refractivity contribution in [2.45, 2.75) is 39.2 Å². The van der Waals surface area contributed by atoms with Gasteiger partial charge in [0.25, 0.3) is 0 Å². The minimum absolute atomic E-state index is 0.753. The van der Waals surface area contributed by atoms with Crippen molar-refractivity contribution in [1.82, 2.24) is 14.8 Å². The fraction of sp³-hybridized carbons (Fsp3) is 0.800. The van der Waals surface area contributed by atoms with Gasteiger partial charge in [-0.25, -0.2) is 0 Å². The van der Waals surface area contributed by atoms with Crippen LogP contribution in [-0.2, 0) is 6.54 Å². The number of H-pyrrole nitrogens is 1. The molecule has 0 aliphatic heterocycles. The minimum atomic E-state index is 0.753. The lowest BCUT2D eigenvalue weighted by Crippen LogP contribution is -2.18. The van der Waals surface area contributed by atoms with Crippen molar-refractivity contribution in [3.05, 3.63) is 11.1 Å². The third kappa shape index (κ3) is 2.23. The second-order valence-corrected chi connectivity index (χ2v) is 4.84. The molecule has 1 aromatic heterocycles. The Labute approximate surface area is 89.5 Å². The first-order chi connectivity index (χ1) is 6.75. The maximum atomic E-state index is 5.13. The predicted molar refractivity (Wildman–Crippen MR) is 58.5 cm³/mol. The summed E-state index contributed by atoms with van der Waals surface area (Å²) in [6, 6.07) is 0. The standard InChI is InChI=1S/C10H17N3S/c1-8-3-2-4-9(5-8)6-13-7-11-12-10(13)14/h7-9H,2-6H2,1H3,(H,12,14). The molecule has 0 radical (unpaired) electrons. The monoisotopic (exact) mass is 211 g/mol. The van der Waals surface area contributed by atoms with Crippen molar-refractivity contribution in [1.29, 1.82) is 0 Å². The largest absolute Gasteiger partial charge is 0.306 e. The fourth-order valence-electron chi connectivity index (χ4n) is 2.40. The van der Waals surface area contributed by atoms with Crippen LogP contribution in [0.25, 0.3) is 0 Å². The summed E-state index contributed by atoms with van der Waals surface area (Å²) < 4.78 is 2.81. The van der Waals surface area contributed by atoms with E-state index < -0.39 is 0 Å². The molecule has 4 heteroatoms. The van der Waals surface area contributed by atoms with Gasteiger partial charge in [0.1, 0.15) is 6.33 Å². The molecular weight excluding hydrogens is 194 g/mol. The van der Waals surface area contributed by atoms with Crippen molar-refractivity contribution < 1.29 is 0 Å². The molecule has 2 rings (SSSR count). The van der Waals surface area contributed by atoms with E-state index in [1.807, 2.05) is 6.33 Å². The number of hydrogen-bond donors (Lipinski definition) is 1. The maximum Gasteiger partial charge on any atom is 0.194 e. The zero-order valence-corrected chi connectivity index (χ0v) is 9.39. The van der Waals surface area contributed by atoms with Crippen LogP contribution in [0.15, 0.2) is 6.33 Å². The molecule has 1 aromatic rings. The maximum absolute atomic E-state index is 5.13. The Morgan fingerprint density at radius 3 is 3.14 bits per heavy atom. The molecule has 1 fully saturated rings. The summed E-state index contributed by atoms with van der Waals surface area (Å²) in [6.45, 7) is 3.39. The van der Waals surface area contributed by atoms with Crippen LogP contribution in [0.2, 0.25) is 0 Å². The molecule has 1 aliphatic carbocycles. The Bertz CT molecular complexity index is 341. The third-order valence-corrected chi connectivity index (χ3v) is 3.44. The third-order valence-electron chi connectivity index (χ3n) is 3.12. The molecule has 1 aliphatic rings.